The Morgan fingerprint density at radius 3 is 3.00 bits per heavy atom. The van der Waals surface area contributed by atoms with E-state index >= 15 is 0 Å². The number of imidazole rings is 1. The molecule has 6 nitrogen and oxygen atoms in total. The highest BCUT2D eigenvalue weighted by Gasteiger charge is 2.12. The summed E-state index contributed by atoms with van der Waals surface area (Å²) in [5.74, 6) is 1.65. The van der Waals surface area contributed by atoms with Crippen molar-refractivity contribution in [2.75, 3.05) is 30.4 Å². The van der Waals surface area contributed by atoms with Crippen molar-refractivity contribution < 1.29 is 5.11 Å². The second-order valence-corrected chi connectivity index (χ2v) is 4.70. The molecule has 0 saturated heterocycles. The normalized spacial score (nSPS) is 12.6. The van der Waals surface area contributed by atoms with Gasteiger partial charge >= 0.3 is 0 Å². The number of nitrogens with one attached hydrogen (secondary N) is 1. The largest absolute Gasteiger partial charge is 0.393 e. The molecule has 2 rings (SSSR count). The van der Waals surface area contributed by atoms with Gasteiger partial charge in [-0.15, -0.1) is 0 Å². The van der Waals surface area contributed by atoms with Gasteiger partial charge in [0.15, 0.2) is 11.5 Å². The maximum absolute atomic E-state index is 9.38. The van der Waals surface area contributed by atoms with E-state index < -0.39 is 0 Å². The predicted molar refractivity (Wildman–Crippen MR) is 76.7 cm³/mol. The monoisotopic (exact) mass is 263 g/mol. The molecule has 0 bridgehead atoms. The highest BCUT2D eigenvalue weighted by molar-refractivity contribution is 5.66. The van der Waals surface area contributed by atoms with Crippen LogP contribution in [0.25, 0.3) is 5.65 Å². The Hall–Kier alpha value is -1.82. The van der Waals surface area contributed by atoms with Crippen molar-refractivity contribution in [1.82, 2.24) is 14.4 Å². The van der Waals surface area contributed by atoms with E-state index in [0.717, 1.165) is 30.4 Å². The van der Waals surface area contributed by atoms with Crippen molar-refractivity contribution in [3.63, 3.8) is 0 Å². The molecule has 2 N–H and O–H groups in total. The van der Waals surface area contributed by atoms with Gasteiger partial charge in [-0.25, -0.2) is 9.97 Å². The van der Waals surface area contributed by atoms with Crippen molar-refractivity contribution in [2.24, 2.45) is 0 Å². The van der Waals surface area contributed by atoms with Crippen LogP contribution >= 0.6 is 0 Å². The van der Waals surface area contributed by atoms with Crippen molar-refractivity contribution in [3.8, 4) is 0 Å². The summed E-state index contributed by atoms with van der Waals surface area (Å²) in [6.45, 7) is 5.39. The van der Waals surface area contributed by atoms with Gasteiger partial charge in [0, 0.05) is 32.5 Å². The van der Waals surface area contributed by atoms with E-state index in [4.69, 9.17) is 0 Å². The fourth-order valence-electron chi connectivity index (χ4n) is 1.92. The maximum Gasteiger partial charge on any atom is 0.180 e. The summed E-state index contributed by atoms with van der Waals surface area (Å²) in [6, 6.07) is 0. The van der Waals surface area contributed by atoms with Gasteiger partial charge in [-0.05, 0) is 20.3 Å². The zero-order valence-electron chi connectivity index (χ0n) is 11.7. The molecule has 19 heavy (non-hydrogen) atoms. The third kappa shape index (κ3) is 3.14. The van der Waals surface area contributed by atoms with E-state index in [0.29, 0.717) is 6.42 Å². The molecule has 0 aliphatic rings. The average molecular weight is 263 g/mol. The molecular weight excluding hydrogens is 242 g/mol. The maximum atomic E-state index is 9.38. The summed E-state index contributed by atoms with van der Waals surface area (Å²) < 4.78 is 1.96. The van der Waals surface area contributed by atoms with E-state index in [1.54, 1.807) is 13.1 Å². The van der Waals surface area contributed by atoms with Gasteiger partial charge in [0.25, 0.3) is 0 Å². The minimum Gasteiger partial charge on any atom is -0.393 e. The predicted octanol–water partition coefficient (Wildman–Crippen LogP) is 1.37. The Kier molecular flexibility index (Phi) is 4.21. The van der Waals surface area contributed by atoms with Crippen molar-refractivity contribution in [3.05, 3.63) is 18.6 Å². The van der Waals surface area contributed by atoms with Gasteiger partial charge < -0.3 is 19.7 Å². The number of aromatic nitrogens is 3. The van der Waals surface area contributed by atoms with E-state index in [9.17, 15) is 5.11 Å². The lowest BCUT2D eigenvalue weighted by Crippen LogP contribution is -2.24. The van der Waals surface area contributed by atoms with Crippen molar-refractivity contribution in [1.29, 1.82) is 0 Å². The van der Waals surface area contributed by atoms with E-state index in [-0.39, 0.29) is 6.10 Å². The molecule has 0 saturated carbocycles. The van der Waals surface area contributed by atoms with Crippen LogP contribution in [0.5, 0.6) is 0 Å². The molecule has 6 heteroatoms. The van der Waals surface area contributed by atoms with Gasteiger partial charge in [0.05, 0.1) is 12.3 Å². The molecule has 0 aromatic carbocycles. The summed E-state index contributed by atoms with van der Waals surface area (Å²) in [4.78, 5) is 11.0. The first-order valence-electron chi connectivity index (χ1n) is 6.58. The smallest absolute Gasteiger partial charge is 0.180 e. The fourth-order valence-corrected chi connectivity index (χ4v) is 1.92. The number of nitrogens with zero attached hydrogens (tertiary/aromatic N) is 4. The SMILES string of the molecule is CCNc1cn2ccnc2c(N(C)CCC(C)O)n1. The minimum atomic E-state index is -0.310. The number of hydrogen-bond donors (Lipinski definition) is 2. The molecule has 1 atom stereocenters. The second-order valence-electron chi connectivity index (χ2n) is 4.70. The van der Waals surface area contributed by atoms with Gasteiger partial charge in [0.2, 0.25) is 0 Å². The van der Waals surface area contributed by atoms with E-state index in [1.165, 1.54) is 0 Å². The number of fused-ring (bicyclic) bond motifs is 1. The molecule has 2 aromatic heterocycles. The number of hydrogen-bond acceptors (Lipinski definition) is 5. The lowest BCUT2D eigenvalue weighted by molar-refractivity contribution is 0.187. The second kappa shape index (κ2) is 5.88. The fraction of sp³-hybridized carbons (Fsp3) is 0.538. The zero-order chi connectivity index (χ0) is 13.8. The quantitative estimate of drug-likeness (QED) is 0.824. The Morgan fingerprint density at radius 2 is 2.32 bits per heavy atom. The Bertz CT molecular complexity index is 537. The van der Waals surface area contributed by atoms with Crippen LogP contribution in [0.1, 0.15) is 20.3 Å². The highest BCUT2D eigenvalue weighted by Crippen LogP contribution is 2.19. The molecule has 0 amide bonds. The first-order valence-corrected chi connectivity index (χ1v) is 6.58. The van der Waals surface area contributed by atoms with Crippen LogP contribution in [0.15, 0.2) is 18.6 Å². The molecule has 104 valence electrons. The Balaban J connectivity index is 2.31. The summed E-state index contributed by atoms with van der Waals surface area (Å²) in [5.41, 5.74) is 0.828. The van der Waals surface area contributed by atoms with Crippen LogP contribution in [0, 0.1) is 0 Å². The summed E-state index contributed by atoms with van der Waals surface area (Å²) >= 11 is 0. The zero-order valence-corrected chi connectivity index (χ0v) is 11.7. The van der Waals surface area contributed by atoms with Crippen LogP contribution in [-0.2, 0) is 0 Å². The third-order valence-corrected chi connectivity index (χ3v) is 2.96. The molecule has 0 spiro atoms. The van der Waals surface area contributed by atoms with Crippen molar-refractivity contribution >= 4 is 17.3 Å². The number of anilines is 2. The van der Waals surface area contributed by atoms with Gasteiger partial charge in [-0.1, -0.05) is 0 Å². The Labute approximate surface area is 113 Å². The molecule has 2 heterocycles. The van der Waals surface area contributed by atoms with E-state index in [2.05, 4.69) is 15.3 Å². The Morgan fingerprint density at radius 1 is 1.53 bits per heavy atom. The highest BCUT2D eigenvalue weighted by atomic mass is 16.3. The van der Waals surface area contributed by atoms with Gasteiger partial charge in [-0.3, -0.25) is 0 Å². The van der Waals surface area contributed by atoms with Crippen LogP contribution in [0.4, 0.5) is 11.6 Å². The van der Waals surface area contributed by atoms with Gasteiger partial charge in [-0.2, -0.15) is 0 Å². The molecular formula is C13H21N5O. The number of aliphatic hydroxyl groups excluding tert-OH is 1. The van der Waals surface area contributed by atoms with Crippen molar-refractivity contribution in [2.45, 2.75) is 26.4 Å². The lowest BCUT2D eigenvalue weighted by Gasteiger charge is -2.20. The topological polar surface area (TPSA) is 65.7 Å². The van der Waals surface area contributed by atoms with Crippen LogP contribution in [-0.4, -0.2) is 45.7 Å². The third-order valence-electron chi connectivity index (χ3n) is 2.96. The first-order chi connectivity index (χ1) is 9.11. The summed E-state index contributed by atoms with van der Waals surface area (Å²) in [5, 5.41) is 12.6. The molecule has 0 aliphatic carbocycles. The molecule has 0 fully saturated rings. The average Bonchev–Trinajstić information content (AvgIpc) is 2.83. The van der Waals surface area contributed by atoms with Crippen LogP contribution < -0.4 is 10.2 Å². The minimum absolute atomic E-state index is 0.310. The lowest BCUT2D eigenvalue weighted by atomic mass is 10.3. The molecule has 0 radical (unpaired) electrons. The van der Waals surface area contributed by atoms with Crippen LogP contribution in [0.3, 0.4) is 0 Å². The summed E-state index contributed by atoms with van der Waals surface area (Å²) in [6.07, 6.45) is 5.99. The van der Waals surface area contributed by atoms with E-state index in [1.807, 2.05) is 35.7 Å². The van der Waals surface area contributed by atoms with Gasteiger partial charge in [0.1, 0.15) is 5.82 Å². The van der Waals surface area contributed by atoms with Crippen LogP contribution in [0.2, 0.25) is 0 Å². The summed E-state index contributed by atoms with van der Waals surface area (Å²) in [7, 11) is 1.97. The number of rotatable bonds is 6. The first kappa shape index (κ1) is 13.6. The molecule has 2 aromatic rings. The number of aliphatic hydroxyl groups is 1. The standard InChI is InChI=1S/C13H21N5O/c1-4-14-11-9-18-8-6-15-12(18)13(16-11)17(3)7-5-10(2)19/h6,8-10,14,19H,4-5,7H2,1-3H3. The molecule has 0 aliphatic heterocycles. The molecule has 1 unspecified atom stereocenters.